The topological polar surface area (TPSA) is 37.8 Å². The Morgan fingerprint density at radius 2 is 1.76 bits per heavy atom. The van der Waals surface area contributed by atoms with Crippen LogP contribution in [0.5, 0.6) is 0 Å². The van der Waals surface area contributed by atoms with Gasteiger partial charge in [0.1, 0.15) is 11.6 Å². The van der Waals surface area contributed by atoms with Crippen molar-refractivity contribution in [1.29, 1.82) is 0 Å². The summed E-state index contributed by atoms with van der Waals surface area (Å²) in [6, 6.07) is 10.1. The van der Waals surface area contributed by atoms with E-state index in [0.717, 1.165) is 6.07 Å². The molecule has 0 saturated carbocycles. The van der Waals surface area contributed by atoms with Gasteiger partial charge >= 0.3 is 0 Å². The van der Waals surface area contributed by atoms with Crippen LogP contribution in [0.1, 0.15) is 5.56 Å². The minimum absolute atomic E-state index is 0.00762. The predicted octanol–water partition coefficient (Wildman–Crippen LogP) is 3.39. The first-order valence-corrected chi connectivity index (χ1v) is 6.62. The predicted molar refractivity (Wildman–Crippen MR) is 78.9 cm³/mol. The Morgan fingerprint density at radius 3 is 2.48 bits per heavy atom. The molecule has 0 unspecified atom stereocenters. The van der Waals surface area contributed by atoms with Crippen LogP contribution in [0.15, 0.2) is 47.3 Å². The Kier molecular flexibility index (Phi) is 3.39. The molecule has 3 aromatic rings. The normalized spacial score (nSPS) is 11.0. The lowest BCUT2D eigenvalue weighted by Gasteiger charge is -2.08. The number of fused-ring (bicyclic) bond motifs is 1. The zero-order valence-corrected chi connectivity index (χ0v) is 11.6. The molecular weight excluding hydrogens is 294 g/mol. The summed E-state index contributed by atoms with van der Waals surface area (Å²) in [6.07, 6.45) is 0. The van der Waals surface area contributed by atoms with Gasteiger partial charge in [0.2, 0.25) is 0 Å². The van der Waals surface area contributed by atoms with Gasteiger partial charge in [-0.2, -0.15) is 0 Å². The Balaban J connectivity index is 2.17. The van der Waals surface area contributed by atoms with Crippen molar-refractivity contribution in [1.82, 2.24) is 9.55 Å². The molecule has 0 fully saturated rings. The molecule has 3 nitrogen and oxygen atoms in total. The van der Waals surface area contributed by atoms with E-state index in [0.29, 0.717) is 16.5 Å². The average Bonchev–Trinajstić information content (AvgIpc) is 2.42. The zero-order chi connectivity index (χ0) is 15.0. The summed E-state index contributed by atoms with van der Waals surface area (Å²) < 4.78 is 27.9. The lowest BCUT2D eigenvalue weighted by atomic mass is 10.2. The Bertz CT molecular complexity index is 926. The molecule has 0 aliphatic carbocycles. The van der Waals surface area contributed by atoms with Crippen molar-refractivity contribution in [2.45, 2.75) is 6.54 Å². The summed E-state index contributed by atoms with van der Waals surface area (Å²) in [5, 5.41) is 0.475. The molecule has 0 radical (unpaired) electrons. The lowest BCUT2D eigenvalue weighted by molar-refractivity contribution is 0.576. The van der Waals surface area contributed by atoms with Gasteiger partial charge in [0.15, 0.2) is 4.77 Å². The number of nitrogens with zero attached hydrogens (tertiary/aromatic N) is 1. The van der Waals surface area contributed by atoms with Crippen molar-refractivity contribution in [2.24, 2.45) is 0 Å². The molecule has 0 aliphatic heterocycles. The van der Waals surface area contributed by atoms with Crippen molar-refractivity contribution in [3.05, 3.63) is 74.8 Å². The summed E-state index contributed by atoms with van der Waals surface area (Å²) >= 11 is 5.15. The van der Waals surface area contributed by atoms with Crippen molar-refractivity contribution in [3.63, 3.8) is 0 Å². The first-order chi connectivity index (χ1) is 10.0. The van der Waals surface area contributed by atoms with Crippen molar-refractivity contribution >= 4 is 23.1 Å². The van der Waals surface area contributed by atoms with Crippen molar-refractivity contribution in [2.75, 3.05) is 0 Å². The molecule has 0 spiro atoms. The molecule has 0 saturated heterocycles. The van der Waals surface area contributed by atoms with E-state index in [-0.39, 0.29) is 16.9 Å². The number of halogens is 2. The summed E-state index contributed by atoms with van der Waals surface area (Å²) in [7, 11) is 0. The van der Waals surface area contributed by atoms with E-state index in [1.54, 1.807) is 24.3 Å². The van der Waals surface area contributed by atoms with E-state index in [2.05, 4.69) is 4.98 Å². The maximum Gasteiger partial charge on any atom is 0.262 e. The molecule has 1 N–H and O–H groups in total. The number of aromatic nitrogens is 2. The SMILES string of the molecule is O=c1c2ccccc2[nH]c(=S)n1Cc1cc(F)cc(F)c1. The van der Waals surface area contributed by atoms with Gasteiger partial charge < -0.3 is 4.98 Å². The quantitative estimate of drug-likeness (QED) is 0.737. The number of aromatic amines is 1. The number of nitrogens with one attached hydrogen (secondary N) is 1. The third-order valence-corrected chi connectivity index (χ3v) is 3.47. The van der Waals surface area contributed by atoms with E-state index in [4.69, 9.17) is 12.2 Å². The average molecular weight is 304 g/mol. The fourth-order valence-electron chi connectivity index (χ4n) is 2.23. The van der Waals surface area contributed by atoms with E-state index in [9.17, 15) is 13.6 Å². The molecule has 1 heterocycles. The van der Waals surface area contributed by atoms with Gasteiger partial charge in [0.25, 0.3) is 5.56 Å². The molecule has 106 valence electrons. The first kappa shape index (κ1) is 13.6. The van der Waals surface area contributed by atoms with Crippen LogP contribution in [0.3, 0.4) is 0 Å². The molecule has 1 aromatic heterocycles. The van der Waals surface area contributed by atoms with Gasteiger partial charge in [-0.1, -0.05) is 12.1 Å². The second-order valence-corrected chi connectivity index (χ2v) is 5.03. The Labute approximate surface area is 123 Å². The largest absolute Gasteiger partial charge is 0.332 e. The van der Waals surface area contributed by atoms with Gasteiger partial charge in [-0.15, -0.1) is 0 Å². The molecule has 0 atom stereocenters. The molecule has 3 rings (SSSR count). The zero-order valence-electron chi connectivity index (χ0n) is 10.8. The number of hydrogen-bond donors (Lipinski definition) is 1. The maximum atomic E-state index is 13.2. The number of benzene rings is 2. The molecule has 6 heteroatoms. The van der Waals surface area contributed by atoms with Crippen LogP contribution in [0.25, 0.3) is 10.9 Å². The van der Waals surface area contributed by atoms with E-state index >= 15 is 0 Å². The standard InChI is InChI=1S/C15H10F2N2OS/c16-10-5-9(6-11(17)7-10)8-19-14(20)12-3-1-2-4-13(12)18-15(19)21/h1-7H,8H2,(H,18,21). The van der Waals surface area contributed by atoms with Gasteiger partial charge in [-0.05, 0) is 42.0 Å². The highest BCUT2D eigenvalue weighted by Crippen LogP contribution is 2.11. The molecule has 2 aromatic carbocycles. The Hall–Kier alpha value is -2.34. The van der Waals surface area contributed by atoms with Crippen molar-refractivity contribution in [3.8, 4) is 0 Å². The van der Waals surface area contributed by atoms with E-state index in [1.807, 2.05) is 0 Å². The molecule has 0 aliphatic rings. The van der Waals surface area contributed by atoms with Crippen LogP contribution in [0.4, 0.5) is 8.78 Å². The Morgan fingerprint density at radius 1 is 1.10 bits per heavy atom. The third-order valence-electron chi connectivity index (χ3n) is 3.15. The molecule has 0 bridgehead atoms. The van der Waals surface area contributed by atoms with Crippen LogP contribution >= 0.6 is 12.2 Å². The summed E-state index contributed by atoms with van der Waals surface area (Å²) in [5.74, 6) is -1.37. The third kappa shape index (κ3) is 2.62. The van der Waals surface area contributed by atoms with Crippen LogP contribution < -0.4 is 5.56 Å². The molecule has 21 heavy (non-hydrogen) atoms. The monoisotopic (exact) mass is 304 g/mol. The summed E-state index contributed by atoms with van der Waals surface area (Å²) in [6.45, 7) is 0.00762. The first-order valence-electron chi connectivity index (χ1n) is 6.21. The second kappa shape index (κ2) is 5.21. The van der Waals surface area contributed by atoms with Gasteiger partial charge in [0.05, 0.1) is 17.4 Å². The highest BCUT2D eigenvalue weighted by molar-refractivity contribution is 7.71. The molecular formula is C15H10F2N2OS. The number of hydrogen-bond acceptors (Lipinski definition) is 2. The summed E-state index contributed by atoms with van der Waals surface area (Å²) in [5.41, 5.74) is 0.678. The highest BCUT2D eigenvalue weighted by Gasteiger charge is 2.07. The minimum Gasteiger partial charge on any atom is -0.332 e. The smallest absolute Gasteiger partial charge is 0.262 e. The van der Waals surface area contributed by atoms with E-state index in [1.165, 1.54) is 16.7 Å². The van der Waals surface area contributed by atoms with Crippen LogP contribution in [0.2, 0.25) is 0 Å². The fourth-order valence-corrected chi connectivity index (χ4v) is 2.48. The van der Waals surface area contributed by atoms with Crippen LogP contribution in [0, 0.1) is 16.4 Å². The summed E-state index contributed by atoms with van der Waals surface area (Å²) in [4.78, 5) is 15.4. The maximum absolute atomic E-state index is 13.2. The van der Waals surface area contributed by atoms with Crippen LogP contribution in [-0.2, 0) is 6.54 Å². The fraction of sp³-hybridized carbons (Fsp3) is 0.0667. The van der Waals surface area contributed by atoms with Crippen molar-refractivity contribution < 1.29 is 8.78 Å². The highest BCUT2D eigenvalue weighted by atomic mass is 32.1. The van der Waals surface area contributed by atoms with Gasteiger partial charge in [0, 0.05) is 6.07 Å². The van der Waals surface area contributed by atoms with Crippen LogP contribution in [-0.4, -0.2) is 9.55 Å². The number of rotatable bonds is 2. The van der Waals surface area contributed by atoms with Gasteiger partial charge in [-0.3, -0.25) is 9.36 Å². The van der Waals surface area contributed by atoms with E-state index < -0.39 is 11.6 Å². The van der Waals surface area contributed by atoms with Gasteiger partial charge in [-0.25, -0.2) is 8.78 Å². The molecule has 0 amide bonds. The number of H-pyrrole nitrogens is 1. The minimum atomic E-state index is -0.686. The number of para-hydroxylation sites is 1. The second-order valence-electron chi connectivity index (χ2n) is 4.64. The lowest BCUT2D eigenvalue weighted by Crippen LogP contribution is -2.22.